The number of rotatable bonds is 17. The summed E-state index contributed by atoms with van der Waals surface area (Å²) in [6, 6.07) is 0. The molecule has 0 aromatic heterocycles. The van der Waals surface area contributed by atoms with Crippen molar-refractivity contribution >= 4 is 75.4 Å². The van der Waals surface area contributed by atoms with Crippen molar-refractivity contribution in [3.63, 3.8) is 0 Å². The van der Waals surface area contributed by atoms with Crippen LogP contribution >= 0.6 is 17.8 Å². The van der Waals surface area contributed by atoms with Crippen LogP contribution in [0.1, 0.15) is 98.8 Å². The predicted molar refractivity (Wildman–Crippen MR) is 158 cm³/mol. The standard InChI is InChI=1S/5C4H9.2C3H5.BrH.2ClH.Mg.2Sn/c5*1-3-4-2;2*1-3-2;;;;;;/h5*1,3-4H2,2H3;2*3H,1-2H2;3*1H;;;/q;;;;;;-1;;;;+2;;+2/p-3. The van der Waals surface area contributed by atoms with E-state index < -0.39 is 34.5 Å². The van der Waals surface area contributed by atoms with E-state index in [4.69, 9.17) is 17.8 Å². The van der Waals surface area contributed by atoms with Gasteiger partial charge in [-0.05, 0) is 0 Å². The van der Waals surface area contributed by atoms with Gasteiger partial charge in [-0.2, -0.15) is 0 Å². The Kier molecular flexibility index (Phi) is 47.2. The molecule has 0 aliphatic heterocycles. The Labute approximate surface area is 247 Å². The van der Waals surface area contributed by atoms with E-state index in [1.165, 1.54) is 74.7 Å². The summed E-state index contributed by atoms with van der Waals surface area (Å²) in [5, 5.41) is 0. The summed E-state index contributed by atoms with van der Waals surface area (Å²) < 4.78 is 8.60. The Morgan fingerprint density at radius 3 is 1.12 bits per heavy atom. The number of hydrogen-bond donors (Lipinski definition) is 0. The molecular formula is C26H55BrCl2MgSn2. The molecule has 0 saturated heterocycles. The number of allylic oxidation sites excluding steroid dienone is 2. The second-order valence-electron chi connectivity index (χ2n) is 8.66. The molecule has 0 spiro atoms. The van der Waals surface area contributed by atoms with Gasteiger partial charge in [0.25, 0.3) is 0 Å². The fourth-order valence-electron chi connectivity index (χ4n) is 3.64. The van der Waals surface area contributed by atoms with Gasteiger partial charge >= 0.3 is 213 Å². The molecule has 0 bridgehead atoms. The van der Waals surface area contributed by atoms with Crippen LogP contribution in [0.2, 0.25) is 26.6 Å². The van der Waals surface area contributed by atoms with Gasteiger partial charge in [0.1, 0.15) is 0 Å². The molecule has 0 atom stereocenters. The maximum atomic E-state index is 6.27. The molecule has 0 rings (SSSR count). The minimum atomic E-state index is -2.49. The molecule has 0 aliphatic carbocycles. The molecule has 0 heterocycles. The van der Waals surface area contributed by atoms with Gasteiger partial charge in [0.15, 0.2) is 0 Å². The topological polar surface area (TPSA) is 0 Å². The Bertz CT molecular complexity index is 338. The maximum Gasteiger partial charge on any atom is 2.00 e. The van der Waals surface area contributed by atoms with Gasteiger partial charge in [0.05, 0.1) is 0 Å². The van der Waals surface area contributed by atoms with Crippen molar-refractivity contribution in [2.45, 2.75) is 125 Å². The Hall–Kier alpha value is 2.77. The Morgan fingerprint density at radius 1 is 0.656 bits per heavy atom. The minimum absolute atomic E-state index is 0. The van der Waals surface area contributed by atoms with Crippen LogP contribution < -0.4 is 17.0 Å². The average Bonchev–Trinajstić information content (AvgIpc) is 2.73. The first-order valence-electron chi connectivity index (χ1n) is 12.7. The third-order valence-electron chi connectivity index (χ3n) is 5.55. The van der Waals surface area contributed by atoms with Crippen molar-refractivity contribution in [2.75, 3.05) is 0 Å². The summed E-state index contributed by atoms with van der Waals surface area (Å²) >= 11 is -4.27. The molecule has 190 valence electrons. The summed E-state index contributed by atoms with van der Waals surface area (Å²) in [5.74, 6) is 0. The van der Waals surface area contributed by atoms with Crippen molar-refractivity contribution in [3.8, 4) is 0 Å². The van der Waals surface area contributed by atoms with Gasteiger partial charge in [0.2, 0.25) is 0 Å². The van der Waals surface area contributed by atoms with Crippen LogP contribution in [0, 0.1) is 6.92 Å². The van der Waals surface area contributed by atoms with Gasteiger partial charge in [-0.3, -0.25) is 0 Å². The van der Waals surface area contributed by atoms with Gasteiger partial charge < -0.3 is 17.0 Å². The molecule has 0 N–H and O–H groups in total. The zero-order valence-electron chi connectivity index (χ0n) is 22.4. The molecule has 0 amide bonds. The van der Waals surface area contributed by atoms with E-state index >= 15 is 0 Å². The van der Waals surface area contributed by atoms with E-state index in [1.54, 1.807) is 13.3 Å². The first-order chi connectivity index (χ1) is 14.3. The molecule has 0 aliphatic rings. The van der Waals surface area contributed by atoms with Crippen LogP contribution in [-0.4, -0.2) is 57.6 Å². The van der Waals surface area contributed by atoms with Crippen LogP contribution in [0.4, 0.5) is 0 Å². The molecule has 0 fully saturated rings. The zero-order chi connectivity index (χ0) is 23.7. The fourth-order valence-corrected chi connectivity index (χ4v) is 28.0. The number of halogens is 3. The average molecular weight is 780 g/mol. The molecule has 6 heteroatoms. The molecule has 0 radical (unpaired) electrons. The van der Waals surface area contributed by atoms with Crippen LogP contribution in [0.25, 0.3) is 0 Å². The smallest absolute Gasteiger partial charge is 1.00 e. The van der Waals surface area contributed by atoms with Gasteiger partial charge in [-0.15, -0.1) is 0 Å². The van der Waals surface area contributed by atoms with Gasteiger partial charge in [-0.25, -0.2) is 19.6 Å². The van der Waals surface area contributed by atoms with Crippen molar-refractivity contribution < 1.29 is 17.0 Å². The van der Waals surface area contributed by atoms with E-state index in [1.807, 2.05) is 0 Å². The second kappa shape index (κ2) is 33.8. The Balaban J connectivity index is -0.000000133. The SMILES string of the molecule is C=C[CH2-].C=C[CH2][Sn]([CH2]CCC)([CH2]CCC)[CH2]CCC.CCC[CH2][Sn]([Cl])([Cl])[CH2]CCC.[Br-].[Mg+2]. The first kappa shape index (κ1) is 44.7. The molecule has 0 aromatic carbocycles. The van der Waals surface area contributed by atoms with Crippen LogP contribution in [-0.2, 0) is 0 Å². The van der Waals surface area contributed by atoms with Gasteiger partial charge in [0, 0.05) is 0 Å². The molecule has 0 nitrogen and oxygen atoms in total. The number of hydrogen-bond acceptors (Lipinski definition) is 0. The summed E-state index contributed by atoms with van der Waals surface area (Å²) in [6.07, 6.45) is 17.3. The second-order valence-corrected chi connectivity index (χ2v) is 41.4. The predicted octanol–water partition coefficient (Wildman–Crippen LogP) is 8.16. The zero-order valence-corrected chi connectivity index (χ0v) is 32.7. The van der Waals surface area contributed by atoms with E-state index in [0.717, 1.165) is 8.87 Å². The molecule has 0 unspecified atom stereocenters. The minimum Gasteiger partial charge on any atom is -1.00 e. The quantitative estimate of drug-likeness (QED) is 0.0795. The van der Waals surface area contributed by atoms with Crippen molar-refractivity contribution in [3.05, 3.63) is 32.2 Å². The summed E-state index contributed by atoms with van der Waals surface area (Å²) in [7, 11) is 12.5. The van der Waals surface area contributed by atoms with Crippen LogP contribution in [0.5, 0.6) is 0 Å². The summed E-state index contributed by atoms with van der Waals surface area (Å²) in [5.41, 5.74) is 0. The van der Waals surface area contributed by atoms with E-state index in [2.05, 4.69) is 60.8 Å². The number of unbranched alkanes of at least 4 members (excludes halogenated alkanes) is 5. The van der Waals surface area contributed by atoms with Crippen LogP contribution in [0.3, 0.4) is 0 Å². The molecule has 32 heavy (non-hydrogen) atoms. The monoisotopic (exact) mass is 780 g/mol. The van der Waals surface area contributed by atoms with Gasteiger partial charge in [-0.1, -0.05) is 0 Å². The fraction of sp³-hybridized carbons (Fsp3) is 0.808. The molecule has 0 aromatic rings. The third-order valence-corrected chi connectivity index (χ3v) is 32.2. The normalized spacial score (nSPS) is 10.3. The van der Waals surface area contributed by atoms with Crippen molar-refractivity contribution in [2.24, 2.45) is 0 Å². The summed E-state index contributed by atoms with van der Waals surface area (Å²) in [4.78, 5) is 0. The largest absolute Gasteiger partial charge is 2.00 e. The summed E-state index contributed by atoms with van der Waals surface area (Å²) in [6.45, 7) is 21.9. The molecule has 0 saturated carbocycles. The molecular weight excluding hydrogens is 725 g/mol. The van der Waals surface area contributed by atoms with E-state index in [-0.39, 0.29) is 40.0 Å². The first-order valence-corrected chi connectivity index (χ1v) is 32.0. The van der Waals surface area contributed by atoms with Crippen LogP contribution in [0.15, 0.2) is 25.3 Å². The third kappa shape index (κ3) is 32.8. The van der Waals surface area contributed by atoms with Crippen molar-refractivity contribution in [1.29, 1.82) is 0 Å². The Morgan fingerprint density at radius 2 is 0.906 bits per heavy atom. The maximum absolute atomic E-state index is 6.27. The van der Waals surface area contributed by atoms with Crippen molar-refractivity contribution in [1.82, 2.24) is 0 Å². The van der Waals surface area contributed by atoms with E-state index in [0.29, 0.717) is 0 Å². The van der Waals surface area contributed by atoms with E-state index in [9.17, 15) is 0 Å².